The van der Waals surface area contributed by atoms with E-state index in [1.807, 2.05) is 0 Å². The molecule has 118 valence electrons. The Hall–Kier alpha value is -0.0900. The average Bonchev–Trinajstić information content (AvgIpc) is 2.47. The Morgan fingerprint density at radius 2 is 1.60 bits per heavy atom. The minimum Gasteiger partial charge on any atom is -0.267 e. The van der Waals surface area contributed by atoms with Crippen molar-refractivity contribution in [3.63, 3.8) is 0 Å². The summed E-state index contributed by atoms with van der Waals surface area (Å²) >= 11 is 0. The maximum atomic E-state index is 12.4. The fraction of sp³-hybridized carbons (Fsp3) is 1.00. The van der Waals surface area contributed by atoms with E-state index in [-0.39, 0.29) is 11.4 Å². The van der Waals surface area contributed by atoms with Gasteiger partial charge in [0.25, 0.3) is 10.1 Å². The Morgan fingerprint density at radius 1 is 1.00 bits per heavy atom. The van der Waals surface area contributed by atoms with Crippen molar-refractivity contribution in [1.82, 2.24) is 0 Å². The second-order valence-corrected chi connectivity index (χ2v) is 8.62. The van der Waals surface area contributed by atoms with Crippen molar-refractivity contribution >= 4 is 10.1 Å². The molecule has 2 saturated carbocycles. The third-order valence-electron chi connectivity index (χ3n) is 5.40. The van der Waals surface area contributed by atoms with Gasteiger partial charge >= 0.3 is 0 Å². The van der Waals surface area contributed by atoms with E-state index >= 15 is 0 Å². The minimum absolute atomic E-state index is 0.0407. The summed E-state index contributed by atoms with van der Waals surface area (Å²) in [4.78, 5) is 0. The lowest BCUT2D eigenvalue weighted by Crippen LogP contribution is -2.33. The topological polar surface area (TPSA) is 43.4 Å². The first-order valence-electron chi connectivity index (χ1n) is 8.45. The van der Waals surface area contributed by atoms with Gasteiger partial charge in [0.2, 0.25) is 0 Å². The molecule has 0 N–H and O–H groups in total. The molecule has 0 heterocycles. The molecule has 0 spiro atoms. The molecule has 20 heavy (non-hydrogen) atoms. The van der Waals surface area contributed by atoms with Gasteiger partial charge in [-0.25, -0.2) is 0 Å². The smallest absolute Gasteiger partial charge is 0.267 e. The molecule has 1 unspecified atom stereocenters. The third kappa shape index (κ3) is 4.20. The standard InChI is InChI=1S/C16H30O3S/c1-3-13(2)14-9-11-16(12-10-14)20(17,18)19-15-7-5-4-6-8-15/h13-16H,3-12H2,1-2H3. The molecule has 0 saturated heterocycles. The van der Waals surface area contributed by atoms with Gasteiger partial charge in [0.1, 0.15) is 0 Å². The van der Waals surface area contributed by atoms with Gasteiger partial charge in [0, 0.05) is 0 Å². The van der Waals surface area contributed by atoms with Crippen LogP contribution < -0.4 is 0 Å². The monoisotopic (exact) mass is 302 g/mol. The highest BCUT2D eigenvalue weighted by Crippen LogP contribution is 2.35. The Kier molecular flexibility index (Phi) is 5.91. The Bertz CT molecular complexity index is 377. The zero-order valence-corrected chi connectivity index (χ0v) is 13.8. The van der Waals surface area contributed by atoms with E-state index in [1.165, 1.54) is 12.8 Å². The van der Waals surface area contributed by atoms with Crippen LogP contribution in [0.3, 0.4) is 0 Å². The summed E-state index contributed by atoms with van der Waals surface area (Å²) in [6.45, 7) is 4.51. The van der Waals surface area contributed by atoms with Crippen LogP contribution in [0.5, 0.6) is 0 Å². The number of hydrogen-bond donors (Lipinski definition) is 0. The molecule has 0 aromatic carbocycles. The first-order valence-corrected chi connectivity index (χ1v) is 9.92. The summed E-state index contributed by atoms with van der Waals surface area (Å²) in [6, 6.07) is 0. The molecule has 1 atom stereocenters. The van der Waals surface area contributed by atoms with E-state index in [2.05, 4.69) is 13.8 Å². The summed E-state index contributed by atoms with van der Waals surface area (Å²) in [5.41, 5.74) is 0. The predicted molar refractivity (Wildman–Crippen MR) is 82.1 cm³/mol. The second kappa shape index (κ2) is 7.26. The summed E-state index contributed by atoms with van der Waals surface area (Å²) in [6.07, 6.45) is 10.1. The predicted octanol–water partition coefficient (Wildman–Crippen LogP) is 4.27. The second-order valence-electron chi connectivity index (χ2n) is 6.77. The summed E-state index contributed by atoms with van der Waals surface area (Å²) in [5.74, 6) is 1.43. The first-order chi connectivity index (χ1) is 9.53. The number of hydrogen-bond acceptors (Lipinski definition) is 3. The van der Waals surface area contributed by atoms with Crippen LogP contribution in [0.15, 0.2) is 0 Å². The van der Waals surface area contributed by atoms with E-state index in [4.69, 9.17) is 4.18 Å². The van der Waals surface area contributed by atoms with Gasteiger partial charge in [0.05, 0.1) is 11.4 Å². The van der Waals surface area contributed by atoms with E-state index in [9.17, 15) is 8.42 Å². The van der Waals surface area contributed by atoms with Gasteiger partial charge in [-0.3, -0.25) is 4.18 Å². The van der Waals surface area contributed by atoms with Crippen LogP contribution in [0.4, 0.5) is 0 Å². The Morgan fingerprint density at radius 3 is 2.15 bits per heavy atom. The molecule has 2 aliphatic rings. The van der Waals surface area contributed by atoms with Crippen molar-refractivity contribution in [2.45, 2.75) is 89.4 Å². The van der Waals surface area contributed by atoms with Crippen LogP contribution in [-0.4, -0.2) is 19.8 Å². The quantitative estimate of drug-likeness (QED) is 0.712. The van der Waals surface area contributed by atoms with Crippen molar-refractivity contribution in [1.29, 1.82) is 0 Å². The summed E-state index contributed by atoms with van der Waals surface area (Å²) < 4.78 is 30.3. The van der Waals surface area contributed by atoms with Crippen LogP contribution >= 0.6 is 0 Å². The molecule has 0 amide bonds. The molecule has 2 fully saturated rings. The van der Waals surface area contributed by atoms with Crippen LogP contribution in [0, 0.1) is 11.8 Å². The van der Waals surface area contributed by atoms with E-state index in [0.717, 1.165) is 57.3 Å². The highest BCUT2D eigenvalue weighted by Gasteiger charge is 2.34. The zero-order valence-electron chi connectivity index (χ0n) is 13.0. The molecule has 0 aromatic heterocycles. The van der Waals surface area contributed by atoms with Gasteiger partial charge in [-0.1, -0.05) is 39.5 Å². The lowest BCUT2D eigenvalue weighted by Gasteiger charge is -2.32. The van der Waals surface area contributed by atoms with Crippen LogP contribution in [-0.2, 0) is 14.3 Å². The van der Waals surface area contributed by atoms with E-state index < -0.39 is 10.1 Å². The molecule has 3 nitrogen and oxygen atoms in total. The fourth-order valence-electron chi connectivity index (χ4n) is 3.71. The highest BCUT2D eigenvalue weighted by atomic mass is 32.2. The van der Waals surface area contributed by atoms with Gasteiger partial charge in [-0.2, -0.15) is 8.42 Å². The largest absolute Gasteiger partial charge is 0.270 e. The zero-order chi connectivity index (χ0) is 14.6. The lowest BCUT2D eigenvalue weighted by molar-refractivity contribution is 0.155. The fourth-order valence-corrected chi connectivity index (χ4v) is 5.29. The minimum atomic E-state index is -3.34. The van der Waals surface area contributed by atoms with Crippen molar-refractivity contribution in [3.05, 3.63) is 0 Å². The molecule has 2 aliphatic carbocycles. The molecule has 0 bridgehead atoms. The van der Waals surface area contributed by atoms with Crippen LogP contribution in [0.25, 0.3) is 0 Å². The maximum absolute atomic E-state index is 12.4. The van der Waals surface area contributed by atoms with Crippen LogP contribution in [0.1, 0.15) is 78.1 Å². The number of rotatable bonds is 5. The molecular weight excluding hydrogens is 272 g/mol. The normalized spacial score (nSPS) is 31.1. The van der Waals surface area contributed by atoms with E-state index in [0.29, 0.717) is 5.92 Å². The van der Waals surface area contributed by atoms with Crippen molar-refractivity contribution < 1.29 is 12.6 Å². The van der Waals surface area contributed by atoms with Crippen molar-refractivity contribution in [2.75, 3.05) is 0 Å². The lowest BCUT2D eigenvalue weighted by atomic mass is 9.80. The molecule has 0 aromatic rings. The summed E-state index contributed by atoms with van der Waals surface area (Å²) in [5, 5.41) is -0.246. The Labute approximate surface area is 124 Å². The van der Waals surface area contributed by atoms with Crippen LogP contribution in [0.2, 0.25) is 0 Å². The molecular formula is C16H30O3S. The maximum Gasteiger partial charge on any atom is 0.270 e. The SMILES string of the molecule is CCC(C)C1CCC(S(=O)(=O)OC2CCCCC2)CC1. The van der Waals surface area contributed by atoms with Gasteiger partial charge in [0.15, 0.2) is 0 Å². The van der Waals surface area contributed by atoms with Gasteiger partial charge in [-0.05, 0) is 50.4 Å². The molecule has 4 heteroatoms. The molecule has 0 aliphatic heterocycles. The van der Waals surface area contributed by atoms with Crippen molar-refractivity contribution in [2.24, 2.45) is 11.8 Å². The highest BCUT2D eigenvalue weighted by molar-refractivity contribution is 7.87. The first kappa shape index (κ1) is 16.3. The van der Waals surface area contributed by atoms with Gasteiger partial charge < -0.3 is 0 Å². The Balaban J connectivity index is 1.85. The summed E-state index contributed by atoms with van der Waals surface area (Å²) in [7, 11) is -3.34. The molecule has 2 rings (SSSR count). The third-order valence-corrected chi connectivity index (χ3v) is 7.23. The molecule has 0 radical (unpaired) electrons. The van der Waals surface area contributed by atoms with Crippen molar-refractivity contribution in [3.8, 4) is 0 Å². The van der Waals surface area contributed by atoms with E-state index in [1.54, 1.807) is 0 Å². The van der Waals surface area contributed by atoms with Gasteiger partial charge in [-0.15, -0.1) is 0 Å². The average molecular weight is 302 g/mol.